The van der Waals surface area contributed by atoms with Crippen LogP contribution in [0.1, 0.15) is 31.4 Å². The van der Waals surface area contributed by atoms with Crippen LogP contribution in [0.25, 0.3) is 0 Å². The van der Waals surface area contributed by atoms with Gasteiger partial charge in [0.25, 0.3) is 0 Å². The number of carbonyl (C=O) groups excluding carboxylic acids is 1. The fourth-order valence-corrected chi connectivity index (χ4v) is 2.42. The van der Waals surface area contributed by atoms with Crippen LogP contribution in [0, 0.1) is 5.41 Å². The first-order valence-electron chi connectivity index (χ1n) is 6.12. The van der Waals surface area contributed by atoms with Gasteiger partial charge in [-0.15, -0.1) is 0 Å². The second-order valence-electron chi connectivity index (χ2n) is 5.60. The average Bonchev–Trinajstić information content (AvgIpc) is 2.56. The van der Waals surface area contributed by atoms with Crippen LogP contribution >= 0.6 is 0 Å². The topological polar surface area (TPSA) is 55.1 Å². The molecule has 0 saturated heterocycles. The molecule has 0 unspecified atom stereocenters. The molecular weight excluding hydrogens is 212 g/mol. The van der Waals surface area contributed by atoms with Crippen LogP contribution in [0.2, 0.25) is 0 Å². The van der Waals surface area contributed by atoms with Crippen molar-refractivity contribution in [2.45, 2.75) is 33.1 Å². The molecule has 0 saturated carbocycles. The molecule has 1 aromatic rings. The Kier molecular flexibility index (Phi) is 3.20. The summed E-state index contributed by atoms with van der Waals surface area (Å²) in [6.45, 7) is 5.19. The minimum atomic E-state index is 0.0957. The van der Waals surface area contributed by atoms with Crippen molar-refractivity contribution in [1.29, 1.82) is 0 Å². The molecule has 2 rings (SSSR count). The van der Waals surface area contributed by atoms with Gasteiger partial charge in [0.15, 0.2) is 0 Å². The third-order valence-electron chi connectivity index (χ3n) is 3.30. The van der Waals surface area contributed by atoms with Crippen molar-refractivity contribution in [3.8, 4) is 0 Å². The average molecular weight is 232 g/mol. The number of nitrogens with one attached hydrogen (secondary N) is 1. The van der Waals surface area contributed by atoms with Crippen molar-refractivity contribution in [3.63, 3.8) is 0 Å². The number of hydrogen-bond donors (Lipinski definition) is 2. The lowest BCUT2D eigenvalue weighted by atomic mass is 9.82. The summed E-state index contributed by atoms with van der Waals surface area (Å²) in [5.41, 5.74) is 9.22. The van der Waals surface area contributed by atoms with Gasteiger partial charge in [-0.25, -0.2) is 0 Å². The van der Waals surface area contributed by atoms with E-state index < -0.39 is 0 Å². The highest BCUT2D eigenvalue weighted by Gasteiger charge is 2.21. The Morgan fingerprint density at radius 2 is 2.18 bits per heavy atom. The predicted octanol–water partition coefficient (Wildman–Crippen LogP) is 2.10. The van der Waals surface area contributed by atoms with Crippen LogP contribution in [0.5, 0.6) is 0 Å². The van der Waals surface area contributed by atoms with Crippen molar-refractivity contribution in [1.82, 2.24) is 0 Å². The van der Waals surface area contributed by atoms with Gasteiger partial charge < -0.3 is 11.1 Å². The highest BCUT2D eigenvalue weighted by molar-refractivity contribution is 5.99. The first-order chi connectivity index (χ1) is 8.00. The van der Waals surface area contributed by atoms with E-state index in [1.165, 1.54) is 5.56 Å². The smallest absolute Gasteiger partial charge is 0.228 e. The van der Waals surface area contributed by atoms with Gasteiger partial charge in [0.2, 0.25) is 5.91 Å². The van der Waals surface area contributed by atoms with E-state index in [9.17, 15) is 4.79 Å². The zero-order chi connectivity index (χ0) is 12.5. The molecule has 0 aliphatic carbocycles. The highest BCUT2D eigenvalue weighted by Crippen LogP contribution is 2.29. The maximum atomic E-state index is 11.3. The first kappa shape index (κ1) is 12.1. The van der Waals surface area contributed by atoms with Crippen molar-refractivity contribution in [2.24, 2.45) is 11.1 Å². The van der Waals surface area contributed by atoms with Gasteiger partial charge in [-0.3, -0.25) is 4.79 Å². The zero-order valence-corrected chi connectivity index (χ0v) is 10.5. The Morgan fingerprint density at radius 1 is 1.41 bits per heavy atom. The SMILES string of the molecule is CC(C)(CCN)Cc1ccc2c(c1)CC(=O)N2. The maximum Gasteiger partial charge on any atom is 0.228 e. The second kappa shape index (κ2) is 4.49. The number of hydrogen-bond acceptors (Lipinski definition) is 2. The summed E-state index contributed by atoms with van der Waals surface area (Å²) in [5.74, 6) is 0.0957. The number of anilines is 1. The molecule has 0 fully saturated rings. The molecule has 3 N–H and O–H groups in total. The van der Waals surface area contributed by atoms with Gasteiger partial charge in [0, 0.05) is 5.69 Å². The quantitative estimate of drug-likeness (QED) is 0.835. The van der Waals surface area contributed by atoms with E-state index in [2.05, 4.69) is 31.3 Å². The zero-order valence-electron chi connectivity index (χ0n) is 10.5. The molecule has 1 aromatic carbocycles. The molecule has 3 nitrogen and oxygen atoms in total. The Bertz CT molecular complexity index is 438. The van der Waals surface area contributed by atoms with Crippen LogP contribution < -0.4 is 11.1 Å². The number of amides is 1. The summed E-state index contributed by atoms with van der Waals surface area (Å²) in [4.78, 5) is 11.3. The predicted molar refractivity (Wildman–Crippen MR) is 69.9 cm³/mol. The van der Waals surface area contributed by atoms with Gasteiger partial charge in [0.05, 0.1) is 6.42 Å². The highest BCUT2D eigenvalue weighted by atomic mass is 16.1. The minimum absolute atomic E-state index is 0.0957. The van der Waals surface area contributed by atoms with Crippen molar-refractivity contribution in [2.75, 3.05) is 11.9 Å². The monoisotopic (exact) mass is 232 g/mol. The Hall–Kier alpha value is -1.35. The van der Waals surface area contributed by atoms with E-state index >= 15 is 0 Å². The number of carbonyl (C=O) groups is 1. The third kappa shape index (κ3) is 2.86. The lowest BCUT2D eigenvalue weighted by Crippen LogP contribution is -2.19. The van der Waals surface area contributed by atoms with Gasteiger partial charge >= 0.3 is 0 Å². The van der Waals surface area contributed by atoms with E-state index in [1.54, 1.807) is 0 Å². The molecule has 0 spiro atoms. The van der Waals surface area contributed by atoms with Gasteiger partial charge in [-0.05, 0) is 42.0 Å². The Balaban J connectivity index is 2.14. The number of benzene rings is 1. The number of fused-ring (bicyclic) bond motifs is 1. The van der Waals surface area contributed by atoms with E-state index in [0.29, 0.717) is 6.42 Å². The lowest BCUT2D eigenvalue weighted by Gasteiger charge is -2.24. The summed E-state index contributed by atoms with van der Waals surface area (Å²) in [6, 6.07) is 6.25. The van der Waals surface area contributed by atoms with Crippen LogP contribution in [-0.4, -0.2) is 12.5 Å². The standard InChI is InChI=1S/C14H20N2O/c1-14(2,5-6-15)9-10-3-4-12-11(7-10)8-13(17)16-12/h3-4,7H,5-6,8-9,15H2,1-2H3,(H,16,17). The molecule has 3 heteroatoms. The first-order valence-corrected chi connectivity index (χ1v) is 6.12. The summed E-state index contributed by atoms with van der Waals surface area (Å²) >= 11 is 0. The van der Waals surface area contributed by atoms with E-state index in [1.807, 2.05) is 6.07 Å². The molecule has 0 radical (unpaired) electrons. The summed E-state index contributed by atoms with van der Waals surface area (Å²) < 4.78 is 0. The van der Waals surface area contributed by atoms with Crippen molar-refractivity contribution < 1.29 is 4.79 Å². The molecule has 0 aromatic heterocycles. The molecule has 0 bridgehead atoms. The minimum Gasteiger partial charge on any atom is -0.330 e. The molecular formula is C14H20N2O. The largest absolute Gasteiger partial charge is 0.330 e. The van der Waals surface area contributed by atoms with Crippen molar-refractivity contribution in [3.05, 3.63) is 29.3 Å². The molecule has 1 aliphatic rings. The van der Waals surface area contributed by atoms with Gasteiger partial charge in [0.1, 0.15) is 0 Å². The second-order valence-corrected chi connectivity index (χ2v) is 5.60. The van der Waals surface area contributed by atoms with Crippen LogP contribution in [0.4, 0.5) is 5.69 Å². The molecule has 1 aliphatic heterocycles. The lowest BCUT2D eigenvalue weighted by molar-refractivity contribution is -0.115. The van der Waals surface area contributed by atoms with Crippen LogP contribution in [0.15, 0.2) is 18.2 Å². The fourth-order valence-electron chi connectivity index (χ4n) is 2.42. The third-order valence-corrected chi connectivity index (χ3v) is 3.30. The fraction of sp³-hybridized carbons (Fsp3) is 0.500. The van der Waals surface area contributed by atoms with Gasteiger partial charge in [-0.1, -0.05) is 26.0 Å². The van der Waals surface area contributed by atoms with Crippen LogP contribution in [0.3, 0.4) is 0 Å². The Morgan fingerprint density at radius 3 is 2.88 bits per heavy atom. The van der Waals surface area contributed by atoms with E-state index in [-0.39, 0.29) is 11.3 Å². The Labute approximate surface area is 102 Å². The van der Waals surface area contributed by atoms with Crippen LogP contribution in [-0.2, 0) is 17.6 Å². The van der Waals surface area contributed by atoms with Crippen molar-refractivity contribution >= 4 is 11.6 Å². The number of rotatable bonds is 4. The molecule has 1 heterocycles. The van der Waals surface area contributed by atoms with E-state index in [0.717, 1.165) is 30.6 Å². The number of nitrogens with two attached hydrogens (primary N) is 1. The molecule has 92 valence electrons. The summed E-state index contributed by atoms with van der Waals surface area (Å²) in [6.07, 6.45) is 2.54. The molecule has 17 heavy (non-hydrogen) atoms. The maximum absolute atomic E-state index is 11.3. The summed E-state index contributed by atoms with van der Waals surface area (Å²) in [5, 5.41) is 2.85. The normalized spacial score (nSPS) is 14.6. The molecule has 1 amide bonds. The van der Waals surface area contributed by atoms with Gasteiger partial charge in [-0.2, -0.15) is 0 Å². The summed E-state index contributed by atoms with van der Waals surface area (Å²) in [7, 11) is 0. The molecule has 0 atom stereocenters. The van der Waals surface area contributed by atoms with E-state index in [4.69, 9.17) is 5.73 Å².